The summed E-state index contributed by atoms with van der Waals surface area (Å²) in [5.74, 6) is 0. The van der Waals surface area contributed by atoms with Crippen molar-refractivity contribution in [3.05, 3.63) is 35.9 Å². The van der Waals surface area contributed by atoms with Crippen LogP contribution in [-0.2, 0) is 6.54 Å². The molecule has 0 spiro atoms. The lowest BCUT2D eigenvalue weighted by molar-refractivity contribution is 0.100. The van der Waals surface area contributed by atoms with Gasteiger partial charge in [-0.05, 0) is 12.0 Å². The van der Waals surface area contributed by atoms with Crippen LogP contribution in [0.5, 0.6) is 0 Å². The molecule has 2 aliphatic heterocycles. The zero-order chi connectivity index (χ0) is 11.8. The van der Waals surface area contributed by atoms with Crippen LogP contribution in [0, 0.1) is 0 Å². The predicted octanol–water partition coefficient (Wildman–Crippen LogP) is 1.62. The van der Waals surface area contributed by atoms with Crippen molar-refractivity contribution in [3.8, 4) is 0 Å². The third kappa shape index (κ3) is 1.89. The van der Waals surface area contributed by atoms with Crippen LogP contribution in [0.2, 0.25) is 0 Å². The minimum atomic E-state index is -0.767. The van der Waals surface area contributed by atoms with E-state index in [0.717, 1.165) is 19.5 Å². The highest BCUT2D eigenvalue weighted by atomic mass is 16.4. The Kier molecular flexibility index (Phi) is 2.52. The second-order valence-corrected chi connectivity index (χ2v) is 4.89. The molecule has 2 atom stereocenters. The number of benzene rings is 1. The van der Waals surface area contributed by atoms with E-state index >= 15 is 0 Å². The van der Waals surface area contributed by atoms with Gasteiger partial charge in [0.1, 0.15) is 0 Å². The minimum absolute atomic E-state index is 0.209. The van der Waals surface area contributed by atoms with Gasteiger partial charge in [-0.1, -0.05) is 30.3 Å². The monoisotopic (exact) mass is 232 g/mol. The van der Waals surface area contributed by atoms with Gasteiger partial charge in [0.05, 0.1) is 0 Å². The highest BCUT2D eigenvalue weighted by Crippen LogP contribution is 2.31. The zero-order valence-corrected chi connectivity index (χ0v) is 9.62. The number of rotatable bonds is 2. The van der Waals surface area contributed by atoms with Crippen LogP contribution in [0.15, 0.2) is 30.3 Å². The Balaban J connectivity index is 1.65. The van der Waals surface area contributed by atoms with E-state index in [4.69, 9.17) is 5.11 Å². The van der Waals surface area contributed by atoms with Gasteiger partial charge < -0.3 is 10.0 Å². The van der Waals surface area contributed by atoms with E-state index in [1.165, 1.54) is 5.56 Å². The first-order valence-electron chi connectivity index (χ1n) is 6.01. The number of fused-ring (bicyclic) bond motifs is 2. The molecule has 4 heteroatoms. The van der Waals surface area contributed by atoms with E-state index < -0.39 is 6.09 Å². The summed E-state index contributed by atoms with van der Waals surface area (Å²) in [6, 6.07) is 11.0. The molecule has 1 aromatic carbocycles. The van der Waals surface area contributed by atoms with Crippen LogP contribution in [-0.4, -0.2) is 46.2 Å². The number of carboxylic acid groups (broad SMARTS) is 1. The SMILES string of the molecule is O=C(O)N1CC2CC1CN2Cc1ccccc1. The maximum Gasteiger partial charge on any atom is 0.407 e. The Bertz CT molecular complexity index is 421. The predicted molar refractivity (Wildman–Crippen MR) is 63.8 cm³/mol. The van der Waals surface area contributed by atoms with E-state index in [-0.39, 0.29) is 6.04 Å². The van der Waals surface area contributed by atoms with Gasteiger partial charge in [-0.15, -0.1) is 0 Å². The second kappa shape index (κ2) is 4.04. The maximum absolute atomic E-state index is 11.0. The molecular formula is C13H16N2O2. The van der Waals surface area contributed by atoms with Crippen LogP contribution in [0.1, 0.15) is 12.0 Å². The number of nitrogens with zero attached hydrogens (tertiary/aromatic N) is 2. The summed E-state index contributed by atoms with van der Waals surface area (Å²) in [5, 5.41) is 9.02. The normalized spacial score (nSPS) is 27.6. The zero-order valence-electron chi connectivity index (χ0n) is 9.62. The summed E-state index contributed by atoms with van der Waals surface area (Å²) >= 11 is 0. The topological polar surface area (TPSA) is 43.8 Å². The number of likely N-dealkylation sites (tertiary alicyclic amines) is 2. The quantitative estimate of drug-likeness (QED) is 0.842. The molecule has 2 fully saturated rings. The van der Waals surface area contributed by atoms with Crippen molar-refractivity contribution in [1.29, 1.82) is 0 Å². The Morgan fingerprint density at radius 1 is 1.24 bits per heavy atom. The molecule has 2 saturated heterocycles. The van der Waals surface area contributed by atoms with Gasteiger partial charge in [-0.3, -0.25) is 4.90 Å². The van der Waals surface area contributed by atoms with Gasteiger partial charge in [-0.25, -0.2) is 4.79 Å². The maximum atomic E-state index is 11.0. The second-order valence-electron chi connectivity index (χ2n) is 4.89. The summed E-state index contributed by atoms with van der Waals surface area (Å²) in [5.41, 5.74) is 1.31. The summed E-state index contributed by atoms with van der Waals surface area (Å²) in [7, 11) is 0. The highest BCUT2D eigenvalue weighted by Gasteiger charge is 2.44. The number of hydrogen-bond donors (Lipinski definition) is 1. The molecule has 1 amide bonds. The van der Waals surface area contributed by atoms with Gasteiger partial charge in [-0.2, -0.15) is 0 Å². The molecular weight excluding hydrogens is 216 g/mol. The molecule has 0 radical (unpaired) electrons. The van der Waals surface area contributed by atoms with Crippen LogP contribution >= 0.6 is 0 Å². The van der Waals surface area contributed by atoms with Crippen molar-refractivity contribution in [2.24, 2.45) is 0 Å². The van der Waals surface area contributed by atoms with Crippen molar-refractivity contribution >= 4 is 6.09 Å². The average molecular weight is 232 g/mol. The molecule has 1 aromatic rings. The molecule has 0 saturated carbocycles. The first-order chi connectivity index (χ1) is 8.24. The number of hydrogen-bond acceptors (Lipinski definition) is 2. The van der Waals surface area contributed by atoms with Gasteiger partial charge in [0, 0.05) is 31.7 Å². The molecule has 2 heterocycles. The molecule has 3 rings (SSSR count). The third-order valence-corrected chi connectivity index (χ3v) is 3.83. The smallest absolute Gasteiger partial charge is 0.407 e. The molecule has 17 heavy (non-hydrogen) atoms. The van der Waals surface area contributed by atoms with E-state index in [9.17, 15) is 4.79 Å². The van der Waals surface area contributed by atoms with Gasteiger partial charge >= 0.3 is 6.09 Å². The van der Waals surface area contributed by atoms with Crippen LogP contribution < -0.4 is 0 Å². The molecule has 4 nitrogen and oxygen atoms in total. The van der Waals surface area contributed by atoms with Crippen molar-refractivity contribution in [2.45, 2.75) is 25.0 Å². The van der Waals surface area contributed by atoms with Gasteiger partial charge in [0.25, 0.3) is 0 Å². The Morgan fingerprint density at radius 3 is 2.59 bits per heavy atom. The third-order valence-electron chi connectivity index (χ3n) is 3.83. The molecule has 0 aromatic heterocycles. The van der Waals surface area contributed by atoms with Gasteiger partial charge in [0.2, 0.25) is 0 Å². The number of amides is 1. The van der Waals surface area contributed by atoms with E-state index in [2.05, 4.69) is 17.0 Å². The molecule has 2 aliphatic rings. The van der Waals surface area contributed by atoms with Crippen molar-refractivity contribution in [2.75, 3.05) is 13.1 Å². The summed E-state index contributed by atoms with van der Waals surface area (Å²) in [6.45, 7) is 2.49. The summed E-state index contributed by atoms with van der Waals surface area (Å²) < 4.78 is 0. The van der Waals surface area contributed by atoms with Crippen molar-refractivity contribution in [3.63, 3.8) is 0 Å². The number of carbonyl (C=O) groups is 1. The lowest BCUT2D eigenvalue weighted by Crippen LogP contribution is -2.47. The molecule has 90 valence electrons. The summed E-state index contributed by atoms with van der Waals surface area (Å²) in [4.78, 5) is 15.0. The summed E-state index contributed by atoms with van der Waals surface area (Å²) in [6.07, 6.45) is 0.232. The highest BCUT2D eigenvalue weighted by molar-refractivity contribution is 5.66. The van der Waals surface area contributed by atoms with Crippen LogP contribution in [0.4, 0.5) is 4.79 Å². The first kappa shape index (κ1) is 10.6. The van der Waals surface area contributed by atoms with E-state index in [1.54, 1.807) is 4.90 Å². The minimum Gasteiger partial charge on any atom is -0.465 e. The van der Waals surface area contributed by atoms with Crippen LogP contribution in [0.25, 0.3) is 0 Å². The average Bonchev–Trinajstić information content (AvgIpc) is 2.89. The molecule has 0 aliphatic carbocycles. The van der Waals surface area contributed by atoms with E-state index in [1.807, 2.05) is 18.2 Å². The number of piperazine rings is 1. The lowest BCUT2D eigenvalue weighted by Gasteiger charge is -2.32. The largest absolute Gasteiger partial charge is 0.465 e. The Morgan fingerprint density at radius 2 is 2.00 bits per heavy atom. The Hall–Kier alpha value is -1.55. The molecule has 2 bridgehead atoms. The van der Waals surface area contributed by atoms with Crippen LogP contribution in [0.3, 0.4) is 0 Å². The lowest BCUT2D eigenvalue weighted by atomic mass is 10.2. The Labute approximate surface area is 100 Å². The fraction of sp³-hybridized carbons (Fsp3) is 0.462. The first-order valence-corrected chi connectivity index (χ1v) is 6.01. The molecule has 1 N–H and O–H groups in total. The van der Waals surface area contributed by atoms with Gasteiger partial charge in [0.15, 0.2) is 0 Å². The van der Waals surface area contributed by atoms with E-state index in [0.29, 0.717) is 12.6 Å². The van der Waals surface area contributed by atoms with Crippen molar-refractivity contribution in [1.82, 2.24) is 9.80 Å². The molecule has 2 unspecified atom stereocenters. The fourth-order valence-electron chi connectivity index (χ4n) is 3.00. The van der Waals surface area contributed by atoms with Crippen molar-refractivity contribution < 1.29 is 9.90 Å². The fourth-order valence-corrected chi connectivity index (χ4v) is 3.00. The standard InChI is InChI=1S/C13H16N2O2/c16-13(17)15-9-11-6-12(15)8-14(11)7-10-4-2-1-3-5-10/h1-5,11-12H,6-9H2,(H,16,17).